The summed E-state index contributed by atoms with van der Waals surface area (Å²) in [6, 6.07) is 5.07. The Bertz CT molecular complexity index is 642. The molecule has 1 heterocycles. The number of carbonyl (C=O) groups is 3. The first-order valence-electron chi connectivity index (χ1n) is 7.70. The molecule has 0 aliphatic carbocycles. The normalized spacial score (nSPS) is 14.3. The van der Waals surface area contributed by atoms with Crippen LogP contribution < -0.4 is 5.32 Å². The van der Waals surface area contributed by atoms with Gasteiger partial charge in [0, 0.05) is 36.9 Å². The van der Waals surface area contributed by atoms with Crippen molar-refractivity contribution in [3.05, 3.63) is 28.8 Å². The molecule has 0 spiro atoms. The molecule has 0 aromatic heterocycles. The van der Waals surface area contributed by atoms with Crippen molar-refractivity contribution in [3.8, 4) is 0 Å². The zero-order valence-corrected chi connectivity index (χ0v) is 14.4. The van der Waals surface area contributed by atoms with E-state index in [2.05, 4.69) is 5.32 Å². The van der Waals surface area contributed by atoms with Crippen LogP contribution in [0.4, 0.5) is 10.5 Å². The molecule has 1 N–H and O–H groups in total. The lowest BCUT2D eigenvalue weighted by molar-refractivity contribution is -0.144. The van der Waals surface area contributed by atoms with E-state index in [1.165, 1.54) is 9.80 Å². The average molecular weight is 354 g/mol. The van der Waals surface area contributed by atoms with Crippen LogP contribution in [0.5, 0.6) is 0 Å². The Morgan fingerprint density at radius 1 is 1.17 bits per heavy atom. The zero-order valence-electron chi connectivity index (χ0n) is 13.7. The summed E-state index contributed by atoms with van der Waals surface area (Å²) in [6.45, 7) is 5.12. The number of rotatable bonds is 2. The Hall–Kier alpha value is -2.28. The van der Waals surface area contributed by atoms with Gasteiger partial charge in [-0.3, -0.25) is 9.59 Å². The number of piperazine rings is 1. The highest BCUT2D eigenvalue weighted by Crippen LogP contribution is 2.20. The lowest BCUT2D eigenvalue weighted by Gasteiger charge is -2.33. The number of amides is 3. The molecule has 1 saturated heterocycles. The monoisotopic (exact) mass is 353 g/mol. The van der Waals surface area contributed by atoms with Crippen LogP contribution in [0, 0.1) is 6.92 Å². The Morgan fingerprint density at radius 3 is 2.42 bits per heavy atom. The number of benzene rings is 1. The molecule has 1 aliphatic rings. The van der Waals surface area contributed by atoms with Gasteiger partial charge in [0.25, 0.3) is 0 Å². The van der Waals surface area contributed by atoms with Gasteiger partial charge in [0.05, 0.1) is 6.61 Å². The molecule has 1 aliphatic heterocycles. The van der Waals surface area contributed by atoms with Gasteiger partial charge >= 0.3 is 17.9 Å². The molecule has 0 unspecified atom stereocenters. The highest BCUT2D eigenvalue weighted by Gasteiger charge is 2.28. The summed E-state index contributed by atoms with van der Waals surface area (Å²) in [5.41, 5.74) is 1.32. The standard InChI is InChI=1S/C16H20ClN3O4/c1-3-24-16(23)20-8-6-19(7-9-20)15(22)14(21)18-13-10-12(17)5-4-11(13)2/h4-5,10H,3,6-9H2,1-2H3,(H,18,21). The van der Waals surface area contributed by atoms with Gasteiger partial charge in [0.15, 0.2) is 0 Å². The van der Waals surface area contributed by atoms with Crippen molar-refractivity contribution in [2.75, 3.05) is 38.1 Å². The third kappa shape index (κ3) is 4.38. The minimum atomic E-state index is -0.718. The lowest BCUT2D eigenvalue weighted by Crippen LogP contribution is -2.53. The van der Waals surface area contributed by atoms with Crippen LogP contribution in [0.1, 0.15) is 12.5 Å². The first kappa shape index (κ1) is 18.1. The molecule has 0 saturated carbocycles. The van der Waals surface area contributed by atoms with Crippen molar-refractivity contribution in [1.29, 1.82) is 0 Å². The van der Waals surface area contributed by atoms with Crippen LogP contribution in [-0.4, -0.2) is 60.5 Å². The summed E-state index contributed by atoms with van der Waals surface area (Å²) in [6.07, 6.45) is -0.399. The van der Waals surface area contributed by atoms with Crippen molar-refractivity contribution in [1.82, 2.24) is 9.80 Å². The minimum absolute atomic E-state index is 0.291. The predicted molar refractivity (Wildman–Crippen MR) is 90.0 cm³/mol. The lowest BCUT2D eigenvalue weighted by atomic mass is 10.2. The number of nitrogens with one attached hydrogen (secondary N) is 1. The topological polar surface area (TPSA) is 79.0 Å². The number of ether oxygens (including phenoxy) is 1. The third-order valence-electron chi connectivity index (χ3n) is 3.73. The predicted octanol–water partition coefficient (Wildman–Crippen LogP) is 1.89. The smallest absolute Gasteiger partial charge is 0.409 e. The second-order valence-electron chi connectivity index (χ2n) is 5.39. The van der Waals surface area contributed by atoms with Gasteiger partial charge in [-0.2, -0.15) is 0 Å². The van der Waals surface area contributed by atoms with Crippen molar-refractivity contribution in [2.45, 2.75) is 13.8 Å². The van der Waals surface area contributed by atoms with E-state index >= 15 is 0 Å². The summed E-state index contributed by atoms with van der Waals surface area (Å²) in [5.74, 6) is -1.34. The van der Waals surface area contributed by atoms with Crippen LogP contribution in [0.3, 0.4) is 0 Å². The second-order valence-corrected chi connectivity index (χ2v) is 5.83. The van der Waals surface area contributed by atoms with E-state index < -0.39 is 17.9 Å². The van der Waals surface area contributed by atoms with Crippen LogP contribution in [-0.2, 0) is 14.3 Å². The van der Waals surface area contributed by atoms with Gasteiger partial charge in [-0.15, -0.1) is 0 Å². The van der Waals surface area contributed by atoms with Crippen LogP contribution in [0.25, 0.3) is 0 Å². The molecule has 1 fully saturated rings. The Kier molecular flexibility index (Phi) is 6.03. The zero-order chi connectivity index (χ0) is 17.7. The number of anilines is 1. The molecule has 0 atom stereocenters. The SMILES string of the molecule is CCOC(=O)N1CCN(C(=O)C(=O)Nc2cc(Cl)ccc2C)CC1. The van der Waals surface area contributed by atoms with E-state index in [9.17, 15) is 14.4 Å². The summed E-state index contributed by atoms with van der Waals surface area (Å²) < 4.78 is 4.92. The molecule has 3 amide bonds. The Balaban J connectivity index is 1.91. The molecule has 8 heteroatoms. The van der Waals surface area contributed by atoms with E-state index in [-0.39, 0.29) is 0 Å². The third-order valence-corrected chi connectivity index (χ3v) is 3.97. The van der Waals surface area contributed by atoms with Gasteiger partial charge in [-0.25, -0.2) is 4.79 Å². The molecule has 7 nitrogen and oxygen atoms in total. The summed E-state index contributed by atoms with van der Waals surface area (Å²) in [4.78, 5) is 39.0. The maximum absolute atomic E-state index is 12.2. The summed E-state index contributed by atoms with van der Waals surface area (Å²) in [5, 5.41) is 3.06. The molecule has 2 rings (SSSR count). The van der Waals surface area contributed by atoms with Gasteiger partial charge in [0.2, 0.25) is 0 Å². The molecular formula is C16H20ClN3O4. The number of hydrogen-bond acceptors (Lipinski definition) is 4. The fourth-order valence-corrected chi connectivity index (χ4v) is 2.53. The number of nitrogens with zero attached hydrogens (tertiary/aromatic N) is 2. The van der Waals surface area contributed by atoms with E-state index in [0.717, 1.165) is 5.56 Å². The van der Waals surface area contributed by atoms with E-state index in [1.54, 1.807) is 25.1 Å². The molecule has 130 valence electrons. The number of hydrogen-bond donors (Lipinski definition) is 1. The number of halogens is 1. The first-order valence-corrected chi connectivity index (χ1v) is 8.08. The molecular weight excluding hydrogens is 334 g/mol. The summed E-state index contributed by atoms with van der Waals surface area (Å²) >= 11 is 5.90. The van der Waals surface area contributed by atoms with Gasteiger partial charge < -0.3 is 19.9 Å². The largest absolute Gasteiger partial charge is 0.450 e. The average Bonchev–Trinajstić information content (AvgIpc) is 2.57. The van der Waals surface area contributed by atoms with Gasteiger partial charge in [0.1, 0.15) is 0 Å². The highest BCUT2D eigenvalue weighted by atomic mass is 35.5. The van der Waals surface area contributed by atoms with Gasteiger partial charge in [-0.1, -0.05) is 17.7 Å². The van der Waals surface area contributed by atoms with Crippen molar-refractivity contribution >= 4 is 35.2 Å². The molecule has 0 radical (unpaired) electrons. The minimum Gasteiger partial charge on any atom is -0.450 e. The van der Waals surface area contributed by atoms with Crippen molar-refractivity contribution < 1.29 is 19.1 Å². The molecule has 1 aromatic carbocycles. The maximum Gasteiger partial charge on any atom is 0.409 e. The molecule has 24 heavy (non-hydrogen) atoms. The highest BCUT2D eigenvalue weighted by molar-refractivity contribution is 6.39. The fraction of sp³-hybridized carbons (Fsp3) is 0.438. The van der Waals surface area contributed by atoms with Crippen LogP contribution >= 0.6 is 11.6 Å². The van der Waals surface area contributed by atoms with E-state index in [0.29, 0.717) is 43.5 Å². The van der Waals surface area contributed by atoms with E-state index in [4.69, 9.17) is 16.3 Å². The Morgan fingerprint density at radius 2 is 1.79 bits per heavy atom. The van der Waals surface area contributed by atoms with Gasteiger partial charge in [-0.05, 0) is 31.5 Å². The molecule has 0 bridgehead atoms. The fourth-order valence-electron chi connectivity index (χ4n) is 2.36. The second kappa shape index (κ2) is 8.01. The number of aryl methyl sites for hydroxylation is 1. The van der Waals surface area contributed by atoms with Crippen LogP contribution in [0.15, 0.2) is 18.2 Å². The first-order chi connectivity index (χ1) is 11.4. The Labute approximate surface area is 145 Å². The van der Waals surface area contributed by atoms with Crippen molar-refractivity contribution in [2.24, 2.45) is 0 Å². The molecule has 1 aromatic rings. The number of carbonyl (C=O) groups excluding carboxylic acids is 3. The quantitative estimate of drug-likeness (QED) is 0.823. The van der Waals surface area contributed by atoms with E-state index in [1.807, 2.05) is 6.92 Å². The van der Waals surface area contributed by atoms with Crippen LogP contribution in [0.2, 0.25) is 5.02 Å². The maximum atomic E-state index is 12.2. The van der Waals surface area contributed by atoms with Crippen molar-refractivity contribution in [3.63, 3.8) is 0 Å². The summed E-state index contributed by atoms with van der Waals surface area (Å²) in [7, 11) is 0.